The van der Waals surface area contributed by atoms with E-state index in [0.29, 0.717) is 13.2 Å². The first-order chi connectivity index (χ1) is 14.4. The standard InChI is InChI=1S/C26H17BO2/c1-2-10-19-16(6-1)7-3-11-20(19)25-21-12-4-8-17-14-28-27-26(23(17)21)24-18(15-29-27)9-5-13-22(24)25/h1-13H,14-15H2. The van der Waals surface area contributed by atoms with Crippen LogP contribution < -0.4 is 5.46 Å². The number of benzene rings is 5. The molecule has 0 fully saturated rings. The molecule has 2 aliphatic heterocycles. The summed E-state index contributed by atoms with van der Waals surface area (Å²) in [7, 11) is -0.272. The van der Waals surface area contributed by atoms with E-state index in [-0.39, 0.29) is 7.12 Å². The van der Waals surface area contributed by atoms with Crippen molar-refractivity contribution in [2.45, 2.75) is 13.2 Å². The zero-order valence-corrected chi connectivity index (χ0v) is 15.8. The zero-order valence-electron chi connectivity index (χ0n) is 15.8. The van der Waals surface area contributed by atoms with E-state index in [1.165, 1.54) is 60.0 Å². The van der Waals surface area contributed by atoms with Crippen LogP contribution in [0, 0.1) is 0 Å². The fourth-order valence-corrected chi connectivity index (χ4v) is 5.28. The molecule has 5 aromatic rings. The molecule has 0 unspecified atom stereocenters. The lowest BCUT2D eigenvalue weighted by molar-refractivity contribution is 0.189. The first-order valence-electron chi connectivity index (χ1n) is 10.1. The molecular formula is C26H17BO2. The van der Waals surface area contributed by atoms with Crippen LogP contribution in [0.2, 0.25) is 0 Å². The number of fused-ring (bicyclic) bond motifs is 1. The van der Waals surface area contributed by atoms with Gasteiger partial charge < -0.3 is 9.31 Å². The fourth-order valence-electron chi connectivity index (χ4n) is 5.28. The van der Waals surface area contributed by atoms with E-state index >= 15 is 0 Å². The third-order valence-corrected chi connectivity index (χ3v) is 6.45. The van der Waals surface area contributed by atoms with Crippen LogP contribution in [0.1, 0.15) is 11.1 Å². The summed E-state index contributed by atoms with van der Waals surface area (Å²) in [6.45, 7) is 1.19. The second-order valence-corrected chi connectivity index (χ2v) is 7.95. The Kier molecular flexibility index (Phi) is 3.09. The van der Waals surface area contributed by atoms with Gasteiger partial charge in [0, 0.05) is 0 Å². The van der Waals surface area contributed by atoms with E-state index in [0.717, 1.165) is 0 Å². The van der Waals surface area contributed by atoms with Gasteiger partial charge in [-0.05, 0) is 60.0 Å². The Labute approximate surface area is 168 Å². The van der Waals surface area contributed by atoms with Crippen LogP contribution in [-0.2, 0) is 22.5 Å². The van der Waals surface area contributed by atoms with E-state index in [2.05, 4.69) is 78.9 Å². The Morgan fingerprint density at radius 1 is 0.586 bits per heavy atom. The molecule has 0 saturated heterocycles. The van der Waals surface area contributed by atoms with Gasteiger partial charge in [-0.2, -0.15) is 0 Å². The maximum Gasteiger partial charge on any atom is 0.495 e. The molecule has 0 spiro atoms. The zero-order chi connectivity index (χ0) is 18.9. The molecule has 0 atom stereocenters. The summed E-state index contributed by atoms with van der Waals surface area (Å²) in [5.74, 6) is 0. The quantitative estimate of drug-likeness (QED) is 0.283. The smallest absolute Gasteiger partial charge is 0.403 e. The topological polar surface area (TPSA) is 18.5 Å². The van der Waals surface area contributed by atoms with Crippen molar-refractivity contribution >= 4 is 44.9 Å². The summed E-state index contributed by atoms with van der Waals surface area (Å²) < 4.78 is 12.2. The Bertz CT molecular complexity index is 1400. The second kappa shape index (κ2) is 5.70. The molecule has 5 aromatic carbocycles. The summed E-state index contributed by atoms with van der Waals surface area (Å²) >= 11 is 0. The van der Waals surface area contributed by atoms with Crippen LogP contribution >= 0.6 is 0 Å². The summed E-state index contributed by atoms with van der Waals surface area (Å²) in [5.41, 5.74) is 6.32. The first kappa shape index (κ1) is 15.7. The van der Waals surface area contributed by atoms with Crippen LogP contribution in [0.15, 0.2) is 78.9 Å². The van der Waals surface area contributed by atoms with Crippen molar-refractivity contribution in [3.8, 4) is 11.1 Å². The Hall–Kier alpha value is -3.14. The number of rotatable bonds is 1. The van der Waals surface area contributed by atoms with E-state index in [1.54, 1.807) is 0 Å². The largest absolute Gasteiger partial charge is 0.495 e. The van der Waals surface area contributed by atoms with E-state index in [4.69, 9.17) is 9.31 Å². The molecular weight excluding hydrogens is 355 g/mol. The highest BCUT2D eigenvalue weighted by Gasteiger charge is 2.36. The minimum atomic E-state index is -0.272. The lowest BCUT2D eigenvalue weighted by Gasteiger charge is -2.31. The normalized spacial score (nSPS) is 15.0. The van der Waals surface area contributed by atoms with Crippen molar-refractivity contribution in [3.05, 3.63) is 90.0 Å². The molecule has 2 nitrogen and oxygen atoms in total. The van der Waals surface area contributed by atoms with Gasteiger partial charge in [-0.25, -0.2) is 0 Å². The van der Waals surface area contributed by atoms with Crippen LogP contribution in [-0.4, -0.2) is 7.12 Å². The first-order valence-corrected chi connectivity index (χ1v) is 10.1. The summed E-state index contributed by atoms with van der Waals surface area (Å²) in [4.78, 5) is 0. The molecule has 136 valence electrons. The molecule has 3 heteroatoms. The molecule has 2 aliphatic rings. The van der Waals surface area contributed by atoms with E-state index in [9.17, 15) is 0 Å². The third-order valence-electron chi connectivity index (χ3n) is 6.45. The van der Waals surface area contributed by atoms with Crippen molar-refractivity contribution in [3.63, 3.8) is 0 Å². The van der Waals surface area contributed by atoms with Gasteiger partial charge >= 0.3 is 7.12 Å². The van der Waals surface area contributed by atoms with Gasteiger partial charge in [0.2, 0.25) is 0 Å². The minimum Gasteiger partial charge on any atom is -0.403 e. The number of hydrogen-bond acceptors (Lipinski definition) is 2. The third kappa shape index (κ3) is 2.04. The molecule has 0 aromatic heterocycles. The molecule has 0 amide bonds. The fraction of sp³-hybridized carbons (Fsp3) is 0.0769. The minimum absolute atomic E-state index is 0.272. The molecule has 29 heavy (non-hydrogen) atoms. The maximum atomic E-state index is 6.09. The van der Waals surface area contributed by atoms with Crippen molar-refractivity contribution < 1.29 is 9.31 Å². The molecule has 7 rings (SSSR count). The predicted molar refractivity (Wildman–Crippen MR) is 119 cm³/mol. The molecule has 0 N–H and O–H groups in total. The van der Waals surface area contributed by atoms with Crippen molar-refractivity contribution in [2.24, 2.45) is 0 Å². The molecule has 0 radical (unpaired) electrons. The lowest BCUT2D eigenvalue weighted by Crippen LogP contribution is -2.43. The number of hydrogen-bond donors (Lipinski definition) is 0. The van der Waals surface area contributed by atoms with Gasteiger partial charge in [0.25, 0.3) is 0 Å². The predicted octanol–water partition coefficient (Wildman–Crippen LogP) is 5.57. The van der Waals surface area contributed by atoms with Crippen LogP contribution in [0.5, 0.6) is 0 Å². The molecule has 2 heterocycles. The molecule has 0 saturated carbocycles. The molecule has 0 bridgehead atoms. The van der Waals surface area contributed by atoms with Crippen LogP contribution in [0.25, 0.3) is 43.4 Å². The van der Waals surface area contributed by atoms with E-state index in [1.807, 2.05) is 0 Å². The Balaban J connectivity index is 1.77. The van der Waals surface area contributed by atoms with Gasteiger partial charge in [-0.15, -0.1) is 0 Å². The van der Waals surface area contributed by atoms with Crippen LogP contribution in [0.3, 0.4) is 0 Å². The second-order valence-electron chi connectivity index (χ2n) is 7.95. The average Bonchev–Trinajstić information content (AvgIpc) is 2.79. The summed E-state index contributed by atoms with van der Waals surface area (Å²) in [6, 6.07) is 28.5. The molecule has 0 aliphatic carbocycles. The van der Waals surface area contributed by atoms with Gasteiger partial charge in [0.1, 0.15) is 0 Å². The van der Waals surface area contributed by atoms with Gasteiger partial charge in [-0.1, -0.05) is 78.9 Å². The monoisotopic (exact) mass is 372 g/mol. The highest BCUT2D eigenvalue weighted by molar-refractivity contribution is 6.69. The Morgan fingerprint density at radius 2 is 1.17 bits per heavy atom. The van der Waals surface area contributed by atoms with Crippen molar-refractivity contribution in [2.75, 3.05) is 0 Å². The highest BCUT2D eigenvalue weighted by Crippen LogP contribution is 2.42. The van der Waals surface area contributed by atoms with Crippen LogP contribution in [0.4, 0.5) is 0 Å². The van der Waals surface area contributed by atoms with Gasteiger partial charge in [-0.3, -0.25) is 0 Å². The van der Waals surface area contributed by atoms with Gasteiger partial charge in [0.05, 0.1) is 13.2 Å². The summed E-state index contributed by atoms with van der Waals surface area (Å²) in [5, 5.41) is 7.76. The van der Waals surface area contributed by atoms with Crippen molar-refractivity contribution in [1.29, 1.82) is 0 Å². The maximum absolute atomic E-state index is 6.09. The van der Waals surface area contributed by atoms with Crippen molar-refractivity contribution in [1.82, 2.24) is 0 Å². The summed E-state index contributed by atoms with van der Waals surface area (Å²) in [6.07, 6.45) is 0. The van der Waals surface area contributed by atoms with Gasteiger partial charge in [0.15, 0.2) is 0 Å². The Morgan fingerprint density at radius 3 is 1.90 bits per heavy atom. The van der Waals surface area contributed by atoms with E-state index < -0.39 is 0 Å². The highest BCUT2D eigenvalue weighted by atomic mass is 16.6. The average molecular weight is 372 g/mol. The SMILES string of the molecule is c1ccc2c(-c3c4cccc5c4c4c6c(cccc36)COB4OC5)cccc2c1. The lowest BCUT2D eigenvalue weighted by atomic mass is 9.66.